The molecule has 3 heteroatoms. The molecule has 0 saturated heterocycles. The lowest BCUT2D eigenvalue weighted by Gasteiger charge is -2.29. The molecule has 2 rings (SSSR count). The molecule has 1 aromatic rings. The number of ether oxygens (including phenoxy) is 1. The summed E-state index contributed by atoms with van der Waals surface area (Å²) >= 11 is 5.53. The Balaban J connectivity index is 2.07. The van der Waals surface area contributed by atoms with Crippen molar-refractivity contribution in [2.24, 2.45) is 5.92 Å². The molecule has 0 spiro atoms. The minimum Gasteiger partial charge on any atom is -0.487 e. The first-order valence-electron chi connectivity index (χ1n) is 7.24. The van der Waals surface area contributed by atoms with Crippen LogP contribution >= 0.6 is 11.6 Å². The minimum atomic E-state index is -0.319. The van der Waals surface area contributed by atoms with Gasteiger partial charge in [0.15, 0.2) is 11.6 Å². The Morgan fingerprint density at radius 3 is 3.00 bits per heavy atom. The van der Waals surface area contributed by atoms with Crippen LogP contribution in [0.3, 0.4) is 0 Å². The van der Waals surface area contributed by atoms with Crippen molar-refractivity contribution in [3.63, 3.8) is 0 Å². The molecule has 1 aromatic carbocycles. The normalized spacial score (nSPS) is 21.9. The fourth-order valence-electron chi connectivity index (χ4n) is 2.71. The zero-order chi connectivity index (χ0) is 14.4. The number of halogens is 2. The second-order valence-corrected chi connectivity index (χ2v) is 5.53. The predicted molar refractivity (Wildman–Crippen MR) is 80.7 cm³/mol. The summed E-state index contributed by atoms with van der Waals surface area (Å²) in [5.74, 6) is 6.63. The van der Waals surface area contributed by atoms with E-state index in [1.807, 2.05) is 0 Å². The highest BCUT2D eigenvalue weighted by Gasteiger charge is 2.23. The maximum absolute atomic E-state index is 13.8. The Kier molecular flexibility index (Phi) is 5.73. The summed E-state index contributed by atoms with van der Waals surface area (Å²) in [6.07, 6.45) is 5.75. The van der Waals surface area contributed by atoms with Crippen LogP contribution in [0.2, 0.25) is 0 Å². The highest BCUT2D eigenvalue weighted by molar-refractivity contribution is 6.19. The van der Waals surface area contributed by atoms with Crippen LogP contribution in [0.4, 0.5) is 4.39 Å². The topological polar surface area (TPSA) is 9.23 Å². The summed E-state index contributed by atoms with van der Waals surface area (Å²) in [4.78, 5) is 0. The summed E-state index contributed by atoms with van der Waals surface area (Å²) < 4.78 is 19.7. The van der Waals surface area contributed by atoms with Crippen molar-refractivity contribution in [2.75, 3.05) is 5.88 Å². The lowest BCUT2D eigenvalue weighted by Crippen LogP contribution is -2.25. The van der Waals surface area contributed by atoms with E-state index in [1.54, 1.807) is 12.1 Å². The molecule has 0 bridgehead atoms. The Labute approximate surface area is 125 Å². The monoisotopic (exact) mass is 294 g/mol. The third-order valence-electron chi connectivity index (χ3n) is 3.84. The molecule has 1 aliphatic rings. The molecule has 0 amide bonds. The molecule has 108 valence electrons. The average molecular weight is 295 g/mol. The van der Waals surface area contributed by atoms with E-state index >= 15 is 0 Å². The van der Waals surface area contributed by atoms with Crippen molar-refractivity contribution in [1.82, 2.24) is 0 Å². The summed E-state index contributed by atoms with van der Waals surface area (Å²) in [7, 11) is 0. The van der Waals surface area contributed by atoms with Crippen molar-refractivity contribution < 1.29 is 9.13 Å². The van der Waals surface area contributed by atoms with Crippen molar-refractivity contribution >= 4 is 11.6 Å². The first-order chi connectivity index (χ1) is 9.72. The van der Waals surface area contributed by atoms with E-state index in [2.05, 4.69) is 18.8 Å². The van der Waals surface area contributed by atoms with Crippen LogP contribution in [0, 0.1) is 23.6 Å². The second kappa shape index (κ2) is 7.55. The smallest absolute Gasteiger partial charge is 0.165 e. The molecule has 0 aromatic heterocycles. The van der Waals surface area contributed by atoms with Gasteiger partial charge in [-0.15, -0.1) is 11.6 Å². The van der Waals surface area contributed by atoms with Crippen LogP contribution in [-0.4, -0.2) is 12.0 Å². The van der Waals surface area contributed by atoms with E-state index in [9.17, 15) is 4.39 Å². The Morgan fingerprint density at radius 2 is 2.25 bits per heavy atom. The van der Waals surface area contributed by atoms with Gasteiger partial charge in [0.2, 0.25) is 0 Å². The summed E-state index contributed by atoms with van der Waals surface area (Å²) in [6, 6.07) is 4.73. The highest BCUT2D eigenvalue weighted by atomic mass is 35.5. The number of benzene rings is 1. The molecular formula is C17H20ClFO. The SMILES string of the molecule is CCC1CCCC(Oc2cc(C#CCCl)ccc2F)C1. The van der Waals surface area contributed by atoms with E-state index in [0.29, 0.717) is 11.7 Å². The van der Waals surface area contributed by atoms with E-state index in [-0.39, 0.29) is 17.8 Å². The van der Waals surface area contributed by atoms with Gasteiger partial charge in [-0.3, -0.25) is 0 Å². The van der Waals surface area contributed by atoms with Crippen molar-refractivity contribution in [1.29, 1.82) is 0 Å². The van der Waals surface area contributed by atoms with E-state index in [0.717, 1.165) is 24.8 Å². The van der Waals surface area contributed by atoms with Gasteiger partial charge in [-0.2, -0.15) is 0 Å². The molecular weight excluding hydrogens is 275 g/mol. The largest absolute Gasteiger partial charge is 0.487 e. The van der Waals surface area contributed by atoms with Crippen molar-refractivity contribution in [3.8, 4) is 17.6 Å². The van der Waals surface area contributed by atoms with Gasteiger partial charge in [-0.05, 0) is 43.4 Å². The summed E-state index contributed by atoms with van der Waals surface area (Å²) in [5, 5.41) is 0. The van der Waals surface area contributed by atoms with Crippen molar-refractivity contribution in [2.45, 2.75) is 45.1 Å². The van der Waals surface area contributed by atoms with Gasteiger partial charge in [0, 0.05) is 5.56 Å². The molecule has 2 unspecified atom stereocenters. The van der Waals surface area contributed by atoms with E-state index in [1.165, 1.54) is 18.9 Å². The Morgan fingerprint density at radius 1 is 1.40 bits per heavy atom. The van der Waals surface area contributed by atoms with Crippen LogP contribution in [0.25, 0.3) is 0 Å². The van der Waals surface area contributed by atoms with Crippen molar-refractivity contribution in [3.05, 3.63) is 29.6 Å². The second-order valence-electron chi connectivity index (χ2n) is 5.26. The van der Waals surface area contributed by atoms with Crippen LogP contribution in [-0.2, 0) is 0 Å². The Bertz CT molecular complexity index is 503. The lowest BCUT2D eigenvalue weighted by atomic mass is 9.85. The Hall–Kier alpha value is -1.20. The zero-order valence-corrected chi connectivity index (χ0v) is 12.5. The number of alkyl halides is 1. The molecule has 20 heavy (non-hydrogen) atoms. The molecule has 2 atom stereocenters. The van der Waals surface area contributed by atoms with E-state index in [4.69, 9.17) is 16.3 Å². The number of hydrogen-bond donors (Lipinski definition) is 0. The van der Waals surface area contributed by atoms with Crippen LogP contribution in [0.15, 0.2) is 18.2 Å². The fourth-order valence-corrected chi connectivity index (χ4v) is 2.77. The molecule has 1 aliphatic carbocycles. The standard InChI is InChI=1S/C17H20ClFO/c1-2-13-5-3-7-15(11-13)20-17-12-14(6-4-10-18)8-9-16(17)19/h8-9,12-13,15H,2-3,5,7,10-11H2,1H3. The van der Waals surface area contributed by atoms with Gasteiger partial charge in [0.1, 0.15) is 0 Å². The molecule has 1 saturated carbocycles. The molecule has 0 heterocycles. The van der Waals surface area contributed by atoms with Gasteiger partial charge in [0.05, 0.1) is 12.0 Å². The molecule has 0 radical (unpaired) electrons. The quantitative estimate of drug-likeness (QED) is 0.577. The molecule has 0 aliphatic heterocycles. The predicted octanol–water partition coefficient (Wildman–Crippen LogP) is 4.76. The maximum atomic E-state index is 13.8. The summed E-state index contributed by atoms with van der Waals surface area (Å²) in [6.45, 7) is 2.20. The first-order valence-corrected chi connectivity index (χ1v) is 7.77. The fraction of sp³-hybridized carbons (Fsp3) is 0.529. The van der Waals surface area contributed by atoms with Gasteiger partial charge in [0.25, 0.3) is 0 Å². The molecule has 1 fully saturated rings. The minimum absolute atomic E-state index is 0.124. The molecule has 0 N–H and O–H groups in total. The van der Waals surface area contributed by atoms with Gasteiger partial charge in [-0.25, -0.2) is 4.39 Å². The lowest BCUT2D eigenvalue weighted by molar-refractivity contribution is 0.117. The van der Waals surface area contributed by atoms with E-state index < -0.39 is 0 Å². The third-order valence-corrected chi connectivity index (χ3v) is 3.97. The van der Waals surface area contributed by atoms with Gasteiger partial charge < -0.3 is 4.74 Å². The number of hydrogen-bond acceptors (Lipinski definition) is 1. The zero-order valence-electron chi connectivity index (χ0n) is 11.8. The van der Waals surface area contributed by atoms with Crippen LogP contribution < -0.4 is 4.74 Å². The van der Waals surface area contributed by atoms with Crippen LogP contribution in [0.1, 0.15) is 44.6 Å². The highest BCUT2D eigenvalue weighted by Crippen LogP contribution is 2.30. The molecule has 1 nitrogen and oxygen atoms in total. The van der Waals surface area contributed by atoms with Gasteiger partial charge >= 0.3 is 0 Å². The third kappa shape index (κ3) is 4.15. The maximum Gasteiger partial charge on any atom is 0.165 e. The average Bonchev–Trinajstić information content (AvgIpc) is 2.48. The van der Waals surface area contributed by atoms with Crippen LogP contribution in [0.5, 0.6) is 5.75 Å². The number of rotatable bonds is 3. The summed E-state index contributed by atoms with van der Waals surface area (Å²) in [5.41, 5.74) is 0.741. The van der Waals surface area contributed by atoms with Gasteiger partial charge in [-0.1, -0.05) is 31.6 Å². The first kappa shape index (κ1) is 15.2.